The second-order valence-electron chi connectivity index (χ2n) is 6.75. The molecule has 4 aromatic rings. The number of para-hydroxylation sites is 2. The lowest BCUT2D eigenvalue weighted by atomic mass is 10.2. The van der Waals surface area contributed by atoms with E-state index in [0.717, 1.165) is 0 Å². The van der Waals surface area contributed by atoms with Crippen molar-refractivity contribution in [2.45, 2.75) is 11.8 Å². The number of fused-ring (bicyclic) bond motifs is 1. The Balaban J connectivity index is 1.74. The largest absolute Gasteiger partial charge is 0.462 e. The van der Waals surface area contributed by atoms with Gasteiger partial charge in [-0.3, -0.25) is 4.72 Å². The van der Waals surface area contributed by atoms with E-state index in [9.17, 15) is 13.2 Å². The van der Waals surface area contributed by atoms with E-state index in [0.29, 0.717) is 22.3 Å². The third-order valence-electron chi connectivity index (χ3n) is 4.49. The minimum Gasteiger partial charge on any atom is -0.462 e. The zero-order chi connectivity index (χ0) is 22.6. The average Bonchev–Trinajstić information content (AvgIpc) is 2.80. The molecule has 1 aromatic heterocycles. The van der Waals surface area contributed by atoms with E-state index in [4.69, 9.17) is 4.74 Å². The fourth-order valence-electron chi connectivity index (χ4n) is 3.02. The van der Waals surface area contributed by atoms with Crippen molar-refractivity contribution in [3.8, 4) is 0 Å². The number of carbonyl (C=O) groups excluding carboxylic acids is 1. The summed E-state index contributed by atoms with van der Waals surface area (Å²) >= 11 is 0. The number of nitrogens with one attached hydrogen (secondary N) is 2. The number of rotatable bonds is 7. The number of aromatic nitrogens is 2. The maximum absolute atomic E-state index is 12.9. The van der Waals surface area contributed by atoms with Gasteiger partial charge >= 0.3 is 5.97 Å². The van der Waals surface area contributed by atoms with Crippen molar-refractivity contribution in [2.24, 2.45) is 0 Å². The Hall–Kier alpha value is -3.98. The predicted octanol–water partition coefficient (Wildman–Crippen LogP) is 4.35. The molecule has 4 rings (SSSR count). The second kappa shape index (κ2) is 9.03. The fraction of sp³-hybridized carbons (Fsp3) is 0.0870. The van der Waals surface area contributed by atoms with E-state index >= 15 is 0 Å². The molecule has 1 heterocycles. The van der Waals surface area contributed by atoms with Gasteiger partial charge in [-0.15, -0.1) is 0 Å². The molecule has 0 saturated heterocycles. The van der Waals surface area contributed by atoms with Crippen molar-refractivity contribution in [3.05, 3.63) is 84.4 Å². The summed E-state index contributed by atoms with van der Waals surface area (Å²) in [5, 5.41) is 3.07. The predicted molar refractivity (Wildman–Crippen MR) is 122 cm³/mol. The van der Waals surface area contributed by atoms with Crippen LogP contribution < -0.4 is 10.0 Å². The van der Waals surface area contributed by atoms with Crippen LogP contribution in [0.2, 0.25) is 0 Å². The molecule has 3 aromatic carbocycles. The number of ether oxygens (including phenoxy) is 1. The van der Waals surface area contributed by atoms with Gasteiger partial charge in [-0.1, -0.05) is 36.4 Å². The van der Waals surface area contributed by atoms with Gasteiger partial charge in [0.05, 0.1) is 28.1 Å². The van der Waals surface area contributed by atoms with Crippen LogP contribution in [0.15, 0.2) is 83.8 Å². The summed E-state index contributed by atoms with van der Waals surface area (Å²) < 4.78 is 33.3. The van der Waals surface area contributed by atoms with E-state index in [1.165, 1.54) is 12.1 Å². The molecule has 0 amide bonds. The van der Waals surface area contributed by atoms with Crippen LogP contribution in [0.3, 0.4) is 0 Å². The van der Waals surface area contributed by atoms with E-state index in [2.05, 4.69) is 20.0 Å². The van der Waals surface area contributed by atoms with Gasteiger partial charge in [0.2, 0.25) is 0 Å². The van der Waals surface area contributed by atoms with Crippen molar-refractivity contribution < 1.29 is 17.9 Å². The minimum absolute atomic E-state index is 0.0362. The molecule has 0 atom stereocenters. The van der Waals surface area contributed by atoms with Crippen molar-refractivity contribution in [2.75, 3.05) is 16.6 Å². The maximum Gasteiger partial charge on any atom is 0.338 e. The van der Waals surface area contributed by atoms with Gasteiger partial charge in [0.15, 0.2) is 11.6 Å². The Morgan fingerprint density at radius 2 is 1.53 bits per heavy atom. The summed E-state index contributed by atoms with van der Waals surface area (Å²) in [6.07, 6.45) is 0. The molecule has 32 heavy (non-hydrogen) atoms. The lowest BCUT2D eigenvalue weighted by molar-refractivity contribution is 0.0526. The molecule has 9 heteroatoms. The number of nitrogens with zero attached hydrogens (tertiary/aromatic N) is 2. The molecule has 0 fully saturated rings. The monoisotopic (exact) mass is 448 g/mol. The SMILES string of the molecule is CCOC(=O)c1cccc(Nc2nc3ccccc3nc2NS(=O)(=O)c2ccccc2)c1. The zero-order valence-electron chi connectivity index (χ0n) is 17.1. The summed E-state index contributed by atoms with van der Waals surface area (Å²) in [6.45, 7) is 1.99. The Bertz CT molecular complexity index is 1380. The number of anilines is 3. The topological polar surface area (TPSA) is 110 Å². The van der Waals surface area contributed by atoms with Crippen LogP contribution in [-0.4, -0.2) is 31.0 Å². The Morgan fingerprint density at radius 1 is 0.875 bits per heavy atom. The van der Waals surface area contributed by atoms with Crippen LogP contribution in [-0.2, 0) is 14.8 Å². The third kappa shape index (κ3) is 4.68. The van der Waals surface area contributed by atoms with E-state index in [1.807, 2.05) is 6.07 Å². The Kier molecular flexibility index (Phi) is 6.00. The normalized spacial score (nSPS) is 11.2. The van der Waals surface area contributed by atoms with E-state index < -0.39 is 16.0 Å². The first kappa shape index (κ1) is 21.3. The highest BCUT2D eigenvalue weighted by molar-refractivity contribution is 7.92. The number of carbonyl (C=O) groups is 1. The molecule has 0 saturated carbocycles. The highest BCUT2D eigenvalue weighted by Gasteiger charge is 2.19. The highest BCUT2D eigenvalue weighted by Crippen LogP contribution is 2.27. The smallest absolute Gasteiger partial charge is 0.338 e. The van der Waals surface area contributed by atoms with Crippen LogP contribution in [0.25, 0.3) is 11.0 Å². The first-order valence-corrected chi connectivity index (χ1v) is 11.3. The number of esters is 1. The van der Waals surface area contributed by atoms with Crippen LogP contribution >= 0.6 is 0 Å². The molecular weight excluding hydrogens is 428 g/mol. The number of sulfonamides is 1. The molecule has 0 aliphatic heterocycles. The molecule has 0 aliphatic carbocycles. The molecule has 2 N–H and O–H groups in total. The third-order valence-corrected chi connectivity index (χ3v) is 5.85. The van der Waals surface area contributed by atoms with Crippen molar-refractivity contribution in [1.82, 2.24) is 9.97 Å². The quantitative estimate of drug-likeness (QED) is 0.404. The van der Waals surface area contributed by atoms with E-state index in [1.54, 1.807) is 67.6 Å². The van der Waals surface area contributed by atoms with E-state index in [-0.39, 0.29) is 23.1 Å². The van der Waals surface area contributed by atoms with Gasteiger partial charge in [-0.25, -0.2) is 23.2 Å². The van der Waals surface area contributed by atoms with Crippen molar-refractivity contribution in [1.29, 1.82) is 0 Å². The van der Waals surface area contributed by atoms with Gasteiger partial charge in [0, 0.05) is 5.69 Å². The molecule has 0 unspecified atom stereocenters. The van der Waals surface area contributed by atoms with Gasteiger partial charge in [-0.2, -0.15) is 0 Å². The lowest BCUT2D eigenvalue weighted by Gasteiger charge is -2.14. The number of hydrogen-bond acceptors (Lipinski definition) is 7. The minimum atomic E-state index is -3.89. The second-order valence-corrected chi connectivity index (χ2v) is 8.44. The molecule has 0 spiro atoms. The lowest BCUT2D eigenvalue weighted by Crippen LogP contribution is -2.16. The first-order valence-electron chi connectivity index (χ1n) is 9.85. The van der Waals surface area contributed by atoms with Gasteiger partial charge in [0.1, 0.15) is 0 Å². The summed E-state index contributed by atoms with van der Waals surface area (Å²) in [5.41, 5.74) is 2.00. The summed E-state index contributed by atoms with van der Waals surface area (Å²) in [5.74, 6) is -0.218. The van der Waals surface area contributed by atoms with Gasteiger partial charge in [0.25, 0.3) is 10.0 Å². The van der Waals surface area contributed by atoms with Crippen molar-refractivity contribution in [3.63, 3.8) is 0 Å². The number of hydrogen-bond donors (Lipinski definition) is 2. The Labute approximate surface area is 185 Å². The van der Waals surface area contributed by atoms with Gasteiger partial charge in [-0.05, 0) is 49.4 Å². The number of benzene rings is 3. The molecule has 0 radical (unpaired) electrons. The molecular formula is C23H20N4O4S. The van der Waals surface area contributed by atoms with Crippen molar-refractivity contribution >= 4 is 44.3 Å². The maximum atomic E-state index is 12.9. The molecule has 162 valence electrons. The standard InChI is InChI=1S/C23H20N4O4S/c1-2-31-23(28)16-9-8-10-17(15-16)24-21-22(26-20-14-7-6-13-19(20)25-21)27-32(29,30)18-11-4-3-5-12-18/h3-15H,2H2,1H3,(H,24,25)(H,26,27). The van der Waals surface area contributed by atoms with Crippen LogP contribution in [0, 0.1) is 0 Å². The first-order chi connectivity index (χ1) is 15.5. The summed E-state index contributed by atoms with van der Waals surface area (Å²) in [6, 6.07) is 21.8. The molecule has 0 aliphatic rings. The Morgan fingerprint density at radius 3 is 2.22 bits per heavy atom. The van der Waals surface area contributed by atoms with Gasteiger partial charge < -0.3 is 10.1 Å². The highest BCUT2D eigenvalue weighted by atomic mass is 32.2. The summed E-state index contributed by atoms with van der Waals surface area (Å²) in [4.78, 5) is 21.2. The average molecular weight is 449 g/mol. The zero-order valence-corrected chi connectivity index (χ0v) is 18.0. The van der Waals surface area contributed by atoms with Crippen LogP contribution in [0.1, 0.15) is 17.3 Å². The fourth-order valence-corrected chi connectivity index (χ4v) is 4.05. The summed E-state index contributed by atoms with van der Waals surface area (Å²) in [7, 11) is -3.89. The van der Waals surface area contributed by atoms with Crippen LogP contribution in [0.5, 0.6) is 0 Å². The molecule has 0 bridgehead atoms. The van der Waals surface area contributed by atoms with Crippen LogP contribution in [0.4, 0.5) is 17.3 Å². The molecule has 8 nitrogen and oxygen atoms in total.